The van der Waals surface area contributed by atoms with Crippen molar-refractivity contribution in [2.75, 3.05) is 0 Å². The van der Waals surface area contributed by atoms with Crippen LogP contribution in [0.15, 0.2) is 146 Å². The van der Waals surface area contributed by atoms with Gasteiger partial charge < -0.3 is 9.47 Å². The minimum atomic E-state index is -0.260. The highest BCUT2D eigenvalue weighted by Gasteiger charge is 2.28. The summed E-state index contributed by atoms with van der Waals surface area (Å²) in [7, 11) is 0. The van der Waals surface area contributed by atoms with E-state index in [0.29, 0.717) is 33.2 Å². The molecule has 0 atom stereocenters. The van der Waals surface area contributed by atoms with Gasteiger partial charge in [-0.2, -0.15) is 0 Å². The van der Waals surface area contributed by atoms with Crippen LogP contribution < -0.4 is 9.47 Å². The monoisotopic (exact) mass is 678 g/mol. The molecule has 0 saturated carbocycles. The van der Waals surface area contributed by atoms with Crippen molar-refractivity contribution in [1.82, 2.24) is 0 Å². The lowest BCUT2D eigenvalue weighted by atomic mass is 9.73. The first-order valence-corrected chi connectivity index (χ1v) is 17.0. The Bertz CT molecular complexity index is 2110. The van der Waals surface area contributed by atoms with Gasteiger partial charge in [0.1, 0.15) is 23.0 Å². The molecule has 0 fully saturated rings. The Labute approximate surface area is 299 Å². The van der Waals surface area contributed by atoms with Crippen LogP contribution in [0, 0.1) is 0 Å². The zero-order valence-corrected chi connectivity index (χ0v) is 29.6. The van der Waals surface area contributed by atoms with E-state index in [1.54, 1.807) is 55.5 Å². The average Bonchev–Trinajstić information content (AvgIpc) is 3.13. The highest BCUT2D eigenvalue weighted by atomic mass is 35.5. The molecule has 50 heavy (non-hydrogen) atoms. The van der Waals surface area contributed by atoms with Crippen LogP contribution in [-0.4, -0.2) is 11.6 Å². The summed E-state index contributed by atoms with van der Waals surface area (Å²) in [6.45, 7) is 10.5. The molecule has 0 aliphatic heterocycles. The second-order valence-electron chi connectivity index (χ2n) is 13.5. The van der Waals surface area contributed by atoms with E-state index >= 15 is 0 Å². The molecule has 6 rings (SSSR count). The summed E-state index contributed by atoms with van der Waals surface area (Å²) >= 11 is 5.96. The summed E-state index contributed by atoms with van der Waals surface area (Å²) in [6, 6.07) is 46.4. The molecule has 4 nitrogen and oxygen atoms in total. The van der Waals surface area contributed by atoms with E-state index in [0.717, 1.165) is 11.5 Å². The quantitative estimate of drug-likeness (QED) is 0.128. The minimum absolute atomic E-state index is 0.0317. The summed E-state index contributed by atoms with van der Waals surface area (Å²) in [4.78, 5) is 24.4. The van der Waals surface area contributed by atoms with Gasteiger partial charge >= 0.3 is 0 Å². The van der Waals surface area contributed by atoms with Crippen LogP contribution >= 0.6 is 11.6 Å². The number of carbonyl (C=O) groups is 2. The molecule has 0 N–H and O–H groups in total. The minimum Gasteiger partial charge on any atom is -0.457 e. The van der Waals surface area contributed by atoms with Gasteiger partial charge in [-0.1, -0.05) is 87.8 Å². The highest BCUT2D eigenvalue weighted by Crippen LogP contribution is 2.38. The van der Waals surface area contributed by atoms with Crippen molar-refractivity contribution in [2.45, 2.75) is 45.4 Å². The fourth-order valence-electron chi connectivity index (χ4n) is 5.98. The van der Waals surface area contributed by atoms with Crippen molar-refractivity contribution >= 4 is 23.2 Å². The number of benzene rings is 6. The van der Waals surface area contributed by atoms with Crippen molar-refractivity contribution < 1.29 is 19.1 Å². The lowest BCUT2D eigenvalue weighted by Gasteiger charge is -2.31. The van der Waals surface area contributed by atoms with Gasteiger partial charge in [0.15, 0.2) is 11.6 Å². The maximum atomic E-state index is 12.8. The SMILES string of the molecule is CC(=O)c1ccc(Oc2ccc(C(C)(C)c3cccc(C(C)(C)c4ccc(Oc5ccc(C(=O)c6ccc(Cl)cc6)cc5)cc4)c3)cc2)cc1. The van der Waals surface area contributed by atoms with E-state index in [4.69, 9.17) is 21.1 Å². The first kappa shape index (κ1) is 34.4. The molecule has 0 saturated heterocycles. The molecule has 250 valence electrons. The van der Waals surface area contributed by atoms with Gasteiger partial charge in [0.25, 0.3) is 0 Å². The van der Waals surface area contributed by atoms with Crippen LogP contribution in [-0.2, 0) is 10.8 Å². The van der Waals surface area contributed by atoms with E-state index in [9.17, 15) is 9.59 Å². The van der Waals surface area contributed by atoms with E-state index in [1.165, 1.54) is 22.3 Å². The Morgan fingerprint density at radius 3 is 1.18 bits per heavy atom. The molecule has 0 aliphatic carbocycles. The fourth-order valence-corrected chi connectivity index (χ4v) is 6.11. The van der Waals surface area contributed by atoms with Crippen molar-refractivity contribution in [1.29, 1.82) is 0 Å². The molecule has 5 heteroatoms. The van der Waals surface area contributed by atoms with Crippen LogP contribution in [0.3, 0.4) is 0 Å². The molecule has 0 spiro atoms. The number of ether oxygens (including phenoxy) is 2. The van der Waals surface area contributed by atoms with Crippen molar-refractivity contribution in [2.24, 2.45) is 0 Å². The average molecular weight is 679 g/mol. The number of carbonyl (C=O) groups excluding carboxylic acids is 2. The van der Waals surface area contributed by atoms with Crippen LogP contribution in [0.5, 0.6) is 23.0 Å². The van der Waals surface area contributed by atoms with Crippen molar-refractivity contribution in [3.8, 4) is 23.0 Å². The molecule has 0 radical (unpaired) electrons. The first-order chi connectivity index (χ1) is 23.9. The van der Waals surface area contributed by atoms with Gasteiger partial charge in [0.2, 0.25) is 0 Å². The predicted octanol–water partition coefficient (Wildman–Crippen LogP) is 12.0. The van der Waals surface area contributed by atoms with Gasteiger partial charge in [-0.25, -0.2) is 0 Å². The molecule has 0 amide bonds. The Morgan fingerprint density at radius 2 is 0.800 bits per heavy atom. The van der Waals surface area contributed by atoms with Crippen LogP contribution in [0.4, 0.5) is 0 Å². The second kappa shape index (κ2) is 14.2. The summed E-state index contributed by atoms with van der Waals surface area (Å²) in [5.74, 6) is 2.77. The Morgan fingerprint density at radius 1 is 0.460 bits per heavy atom. The lowest BCUT2D eigenvalue weighted by Crippen LogP contribution is -2.22. The Hall–Kier alpha value is -5.45. The smallest absolute Gasteiger partial charge is 0.193 e. The van der Waals surface area contributed by atoms with E-state index in [1.807, 2.05) is 48.5 Å². The largest absolute Gasteiger partial charge is 0.457 e. The fraction of sp³-hybridized carbons (Fsp3) is 0.156. The second-order valence-corrected chi connectivity index (χ2v) is 14.0. The van der Waals surface area contributed by atoms with Crippen molar-refractivity contribution in [3.63, 3.8) is 0 Å². The third-order valence-corrected chi connectivity index (χ3v) is 9.67. The number of halogens is 1. The first-order valence-electron chi connectivity index (χ1n) is 16.6. The zero-order chi connectivity index (χ0) is 35.5. The van der Waals surface area contributed by atoms with Crippen LogP contribution in [0.25, 0.3) is 0 Å². The number of hydrogen-bond acceptors (Lipinski definition) is 4. The molecule has 6 aromatic rings. The van der Waals surface area contributed by atoms with Gasteiger partial charge in [-0.15, -0.1) is 0 Å². The third-order valence-electron chi connectivity index (χ3n) is 9.41. The third kappa shape index (κ3) is 7.56. The molecule has 0 heterocycles. The van der Waals surface area contributed by atoms with E-state index in [2.05, 4.69) is 76.2 Å². The molecular formula is C45H39ClO4. The van der Waals surface area contributed by atoms with Crippen molar-refractivity contribution in [3.05, 3.63) is 190 Å². The summed E-state index contributed by atoms with van der Waals surface area (Å²) in [5, 5.41) is 0.596. The number of rotatable bonds is 11. The van der Waals surface area contributed by atoms with Gasteiger partial charge in [0.05, 0.1) is 0 Å². The Kier molecular flexibility index (Phi) is 9.76. The number of ketones is 2. The molecule has 6 aromatic carbocycles. The number of hydrogen-bond donors (Lipinski definition) is 0. The normalized spacial score (nSPS) is 11.6. The molecule has 0 aliphatic rings. The molecule has 0 bridgehead atoms. The topological polar surface area (TPSA) is 52.6 Å². The van der Waals surface area contributed by atoms with Crippen LogP contribution in [0.1, 0.15) is 83.2 Å². The standard InChI is InChI=1S/C45H39ClO4/c1-30(47)31-11-21-39(22-12-31)49-41-25-15-34(16-26-41)44(2,3)36-7-6-8-37(29-36)45(4,5)35-17-27-42(28-18-35)50-40-23-13-33(14-24-40)43(48)32-9-19-38(46)20-10-32/h6-29H,1-5H3. The van der Waals surface area contributed by atoms with Gasteiger partial charge in [0, 0.05) is 32.5 Å². The predicted molar refractivity (Wildman–Crippen MR) is 202 cm³/mol. The summed E-state index contributed by atoms with van der Waals surface area (Å²) < 4.78 is 12.2. The number of Topliss-reactive ketones (excluding diaryl/α,β-unsaturated/α-hetero) is 1. The zero-order valence-electron chi connectivity index (χ0n) is 28.9. The molecule has 0 aromatic heterocycles. The summed E-state index contributed by atoms with van der Waals surface area (Å²) in [6.07, 6.45) is 0. The maximum absolute atomic E-state index is 12.8. The van der Waals surface area contributed by atoms with Crippen LogP contribution in [0.2, 0.25) is 5.02 Å². The van der Waals surface area contributed by atoms with E-state index < -0.39 is 0 Å². The highest BCUT2D eigenvalue weighted by molar-refractivity contribution is 6.30. The molecular weight excluding hydrogens is 640 g/mol. The Balaban J connectivity index is 1.13. The lowest BCUT2D eigenvalue weighted by molar-refractivity contribution is 0.101. The molecule has 0 unspecified atom stereocenters. The van der Waals surface area contributed by atoms with E-state index in [-0.39, 0.29) is 22.4 Å². The van der Waals surface area contributed by atoms with Gasteiger partial charge in [-0.05, 0) is 126 Å². The maximum Gasteiger partial charge on any atom is 0.193 e. The summed E-state index contributed by atoms with van der Waals surface area (Å²) in [5.41, 5.74) is 6.10. The van der Waals surface area contributed by atoms with Gasteiger partial charge in [-0.3, -0.25) is 9.59 Å².